The molecule has 0 amide bonds. The number of para-hydroxylation sites is 2. The summed E-state index contributed by atoms with van der Waals surface area (Å²) in [6, 6.07) is 11.5. The first kappa shape index (κ1) is 15.3. The quantitative estimate of drug-likeness (QED) is 0.750. The second kappa shape index (κ2) is 8.27. The Morgan fingerprint density at radius 3 is 2.52 bits per heavy atom. The van der Waals surface area contributed by atoms with E-state index < -0.39 is 0 Å². The molecular weight excluding hydrogens is 264 g/mol. The van der Waals surface area contributed by atoms with Gasteiger partial charge in [0.15, 0.2) is 11.5 Å². The Balaban J connectivity index is 2.00. The number of benzene rings is 1. The fourth-order valence-corrected chi connectivity index (χ4v) is 1.91. The lowest BCUT2D eigenvalue weighted by molar-refractivity contribution is 0.319. The van der Waals surface area contributed by atoms with Gasteiger partial charge < -0.3 is 14.8 Å². The Labute approximate surface area is 126 Å². The molecule has 4 nitrogen and oxygen atoms in total. The largest absolute Gasteiger partial charge is 0.490 e. The highest BCUT2D eigenvalue weighted by molar-refractivity contribution is 5.41. The summed E-state index contributed by atoms with van der Waals surface area (Å²) in [5.41, 5.74) is 1.15. The first-order chi connectivity index (χ1) is 10.3. The highest BCUT2D eigenvalue weighted by atomic mass is 16.5. The van der Waals surface area contributed by atoms with Gasteiger partial charge in [0.2, 0.25) is 5.88 Å². The molecule has 0 spiro atoms. The molecule has 0 aliphatic rings. The molecule has 0 saturated heterocycles. The van der Waals surface area contributed by atoms with Crippen LogP contribution in [0.2, 0.25) is 0 Å². The van der Waals surface area contributed by atoms with E-state index in [0.29, 0.717) is 18.2 Å². The van der Waals surface area contributed by atoms with E-state index in [9.17, 15) is 0 Å². The lowest BCUT2D eigenvalue weighted by Gasteiger charge is -2.11. The standard InChI is InChI=1S/C17H22N2O2/c1-3-11-18-12-14-9-10-17(19-13-14)21-16-8-6-5-7-15(16)20-4-2/h5-10,13,18H,3-4,11-12H2,1-2H3. The van der Waals surface area contributed by atoms with Crippen molar-refractivity contribution in [3.63, 3.8) is 0 Å². The molecule has 0 aliphatic heterocycles. The van der Waals surface area contributed by atoms with Gasteiger partial charge in [0.25, 0.3) is 0 Å². The molecule has 0 fully saturated rings. The second-order valence-corrected chi connectivity index (χ2v) is 4.66. The van der Waals surface area contributed by atoms with E-state index in [-0.39, 0.29) is 0 Å². The number of aromatic nitrogens is 1. The van der Waals surface area contributed by atoms with Crippen molar-refractivity contribution in [1.29, 1.82) is 0 Å². The maximum absolute atomic E-state index is 5.79. The monoisotopic (exact) mass is 286 g/mol. The lowest BCUT2D eigenvalue weighted by Crippen LogP contribution is -2.13. The minimum atomic E-state index is 0.571. The highest BCUT2D eigenvalue weighted by Gasteiger charge is 2.05. The molecule has 0 atom stereocenters. The molecule has 0 radical (unpaired) electrons. The van der Waals surface area contributed by atoms with Crippen LogP contribution < -0.4 is 14.8 Å². The lowest BCUT2D eigenvalue weighted by atomic mass is 10.3. The smallest absolute Gasteiger partial charge is 0.219 e. The van der Waals surface area contributed by atoms with E-state index in [2.05, 4.69) is 17.2 Å². The molecule has 112 valence electrons. The summed E-state index contributed by atoms with van der Waals surface area (Å²) < 4.78 is 11.3. The third-order valence-corrected chi connectivity index (χ3v) is 2.92. The van der Waals surface area contributed by atoms with E-state index in [0.717, 1.165) is 30.8 Å². The number of hydrogen-bond acceptors (Lipinski definition) is 4. The number of ether oxygens (including phenoxy) is 2. The Morgan fingerprint density at radius 2 is 1.86 bits per heavy atom. The Morgan fingerprint density at radius 1 is 1.05 bits per heavy atom. The van der Waals surface area contributed by atoms with Crippen molar-refractivity contribution in [2.24, 2.45) is 0 Å². The summed E-state index contributed by atoms with van der Waals surface area (Å²) in [6.45, 7) is 6.55. The van der Waals surface area contributed by atoms with E-state index in [1.54, 1.807) is 0 Å². The minimum absolute atomic E-state index is 0.571. The molecule has 0 aliphatic carbocycles. The van der Waals surface area contributed by atoms with Crippen molar-refractivity contribution in [1.82, 2.24) is 10.3 Å². The Bertz CT molecular complexity index is 541. The van der Waals surface area contributed by atoms with Crippen molar-refractivity contribution < 1.29 is 9.47 Å². The summed E-state index contributed by atoms with van der Waals surface area (Å²) in [5.74, 6) is 1.99. The fraction of sp³-hybridized carbons (Fsp3) is 0.353. The molecule has 0 saturated carbocycles. The number of nitrogens with zero attached hydrogens (tertiary/aromatic N) is 1. The average molecular weight is 286 g/mol. The SMILES string of the molecule is CCCNCc1ccc(Oc2ccccc2OCC)nc1. The molecule has 2 aromatic rings. The van der Waals surface area contributed by atoms with Crippen molar-refractivity contribution in [3.05, 3.63) is 48.2 Å². The zero-order valence-electron chi connectivity index (χ0n) is 12.6. The summed E-state index contributed by atoms with van der Waals surface area (Å²) in [6.07, 6.45) is 2.96. The molecule has 0 unspecified atom stereocenters. The van der Waals surface area contributed by atoms with Crippen molar-refractivity contribution >= 4 is 0 Å². The molecule has 2 rings (SSSR count). The van der Waals surface area contributed by atoms with Gasteiger partial charge in [-0.2, -0.15) is 0 Å². The van der Waals surface area contributed by atoms with Crippen molar-refractivity contribution in [3.8, 4) is 17.4 Å². The van der Waals surface area contributed by atoms with Gasteiger partial charge in [-0.1, -0.05) is 25.1 Å². The van der Waals surface area contributed by atoms with Crippen molar-refractivity contribution in [2.45, 2.75) is 26.8 Å². The van der Waals surface area contributed by atoms with Crippen LogP contribution in [0, 0.1) is 0 Å². The topological polar surface area (TPSA) is 43.4 Å². The Hall–Kier alpha value is -2.07. The predicted octanol–water partition coefficient (Wildman–Crippen LogP) is 3.77. The van der Waals surface area contributed by atoms with Crippen LogP contribution in [0.4, 0.5) is 0 Å². The first-order valence-corrected chi connectivity index (χ1v) is 7.38. The molecular formula is C17H22N2O2. The maximum Gasteiger partial charge on any atom is 0.219 e. The highest BCUT2D eigenvalue weighted by Crippen LogP contribution is 2.30. The first-order valence-electron chi connectivity index (χ1n) is 7.38. The average Bonchev–Trinajstić information content (AvgIpc) is 2.51. The van der Waals surface area contributed by atoms with E-state index in [1.165, 1.54) is 0 Å². The van der Waals surface area contributed by atoms with Gasteiger partial charge in [0.05, 0.1) is 6.61 Å². The van der Waals surface area contributed by atoms with E-state index in [1.807, 2.05) is 49.5 Å². The molecule has 1 aromatic heterocycles. The number of hydrogen-bond donors (Lipinski definition) is 1. The number of pyridine rings is 1. The molecule has 0 bridgehead atoms. The van der Waals surface area contributed by atoms with E-state index >= 15 is 0 Å². The van der Waals surface area contributed by atoms with Crippen LogP contribution in [-0.4, -0.2) is 18.1 Å². The van der Waals surface area contributed by atoms with Crippen LogP contribution in [0.3, 0.4) is 0 Å². The number of nitrogens with one attached hydrogen (secondary N) is 1. The van der Waals surface area contributed by atoms with Gasteiger partial charge in [-0.05, 0) is 37.6 Å². The summed E-state index contributed by atoms with van der Waals surface area (Å²) >= 11 is 0. The summed E-state index contributed by atoms with van der Waals surface area (Å²) in [7, 11) is 0. The third kappa shape index (κ3) is 4.76. The Kier molecular flexibility index (Phi) is 6.03. The van der Waals surface area contributed by atoms with Gasteiger partial charge in [-0.25, -0.2) is 4.98 Å². The predicted molar refractivity (Wildman–Crippen MR) is 83.9 cm³/mol. The van der Waals surface area contributed by atoms with Gasteiger partial charge >= 0.3 is 0 Å². The molecule has 1 heterocycles. The summed E-state index contributed by atoms with van der Waals surface area (Å²) in [4.78, 5) is 4.34. The van der Waals surface area contributed by atoms with Gasteiger partial charge in [-0.3, -0.25) is 0 Å². The zero-order valence-corrected chi connectivity index (χ0v) is 12.6. The second-order valence-electron chi connectivity index (χ2n) is 4.66. The molecule has 1 N–H and O–H groups in total. The molecule has 4 heteroatoms. The minimum Gasteiger partial charge on any atom is -0.490 e. The maximum atomic E-state index is 5.79. The fourth-order valence-electron chi connectivity index (χ4n) is 1.91. The zero-order chi connectivity index (χ0) is 14.9. The summed E-state index contributed by atoms with van der Waals surface area (Å²) in [5, 5.41) is 3.35. The van der Waals surface area contributed by atoms with Crippen LogP contribution in [0.15, 0.2) is 42.6 Å². The molecule has 21 heavy (non-hydrogen) atoms. The van der Waals surface area contributed by atoms with Crippen LogP contribution in [0.5, 0.6) is 17.4 Å². The van der Waals surface area contributed by atoms with E-state index in [4.69, 9.17) is 9.47 Å². The van der Waals surface area contributed by atoms with Crippen LogP contribution in [0.1, 0.15) is 25.8 Å². The van der Waals surface area contributed by atoms with Gasteiger partial charge in [0.1, 0.15) is 0 Å². The third-order valence-electron chi connectivity index (χ3n) is 2.92. The van der Waals surface area contributed by atoms with Crippen LogP contribution >= 0.6 is 0 Å². The van der Waals surface area contributed by atoms with Crippen molar-refractivity contribution in [2.75, 3.05) is 13.2 Å². The van der Waals surface area contributed by atoms with Gasteiger partial charge in [0, 0.05) is 18.8 Å². The van der Waals surface area contributed by atoms with Crippen LogP contribution in [-0.2, 0) is 6.54 Å². The van der Waals surface area contributed by atoms with Gasteiger partial charge in [-0.15, -0.1) is 0 Å². The number of rotatable bonds is 8. The molecule has 1 aromatic carbocycles. The normalized spacial score (nSPS) is 10.4. The van der Waals surface area contributed by atoms with Crippen LogP contribution in [0.25, 0.3) is 0 Å².